The number of amides is 1. The standard InChI is InChI=1S/C14H21N3O/c1-17-9-5-4-6-11(17)10-16-14(18)12-7-2-3-8-13(12)15/h2-3,7-8,11H,4-6,9-10,15H2,1H3,(H,16,18). The van der Waals surface area contributed by atoms with Crippen molar-refractivity contribution in [2.45, 2.75) is 25.3 Å². The van der Waals surface area contributed by atoms with Crippen molar-refractivity contribution in [1.29, 1.82) is 0 Å². The second-order valence-corrected chi connectivity index (χ2v) is 4.93. The van der Waals surface area contributed by atoms with E-state index in [-0.39, 0.29) is 5.91 Å². The summed E-state index contributed by atoms with van der Waals surface area (Å²) in [5, 5.41) is 2.98. The summed E-state index contributed by atoms with van der Waals surface area (Å²) in [6, 6.07) is 7.63. The highest BCUT2D eigenvalue weighted by molar-refractivity contribution is 5.99. The van der Waals surface area contributed by atoms with E-state index in [9.17, 15) is 4.79 Å². The molecule has 1 fully saturated rings. The number of hydrogen-bond acceptors (Lipinski definition) is 3. The predicted octanol–water partition coefficient (Wildman–Crippen LogP) is 1.48. The van der Waals surface area contributed by atoms with Gasteiger partial charge in [-0.3, -0.25) is 4.79 Å². The van der Waals surface area contributed by atoms with Crippen LogP contribution in [0.2, 0.25) is 0 Å². The lowest BCUT2D eigenvalue weighted by molar-refractivity contribution is 0.0929. The summed E-state index contributed by atoms with van der Waals surface area (Å²) in [5.74, 6) is -0.0768. The number of likely N-dealkylation sites (tertiary alicyclic amines) is 1. The van der Waals surface area contributed by atoms with E-state index >= 15 is 0 Å². The summed E-state index contributed by atoms with van der Waals surface area (Å²) >= 11 is 0. The van der Waals surface area contributed by atoms with Gasteiger partial charge in [-0.1, -0.05) is 18.6 Å². The molecular formula is C14H21N3O. The van der Waals surface area contributed by atoms with Crippen LogP contribution in [-0.2, 0) is 0 Å². The lowest BCUT2D eigenvalue weighted by Crippen LogP contribution is -2.44. The average molecular weight is 247 g/mol. The van der Waals surface area contributed by atoms with Crippen LogP contribution in [0.1, 0.15) is 29.6 Å². The number of carbonyl (C=O) groups excluding carboxylic acids is 1. The fourth-order valence-corrected chi connectivity index (χ4v) is 2.41. The summed E-state index contributed by atoms with van der Waals surface area (Å²) in [5.41, 5.74) is 6.89. The molecular weight excluding hydrogens is 226 g/mol. The molecule has 0 aromatic heterocycles. The Bertz CT molecular complexity index is 419. The van der Waals surface area contributed by atoms with Crippen LogP contribution in [0.25, 0.3) is 0 Å². The Morgan fingerprint density at radius 1 is 1.44 bits per heavy atom. The van der Waals surface area contributed by atoms with E-state index in [1.807, 2.05) is 12.1 Å². The minimum atomic E-state index is -0.0768. The number of nitrogens with two attached hydrogens (primary N) is 1. The maximum Gasteiger partial charge on any atom is 0.253 e. The van der Waals surface area contributed by atoms with E-state index in [1.54, 1.807) is 12.1 Å². The minimum Gasteiger partial charge on any atom is -0.398 e. The van der Waals surface area contributed by atoms with E-state index in [0.717, 1.165) is 13.0 Å². The first-order chi connectivity index (χ1) is 8.68. The van der Waals surface area contributed by atoms with Gasteiger partial charge in [0, 0.05) is 18.3 Å². The number of likely N-dealkylation sites (N-methyl/N-ethyl adjacent to an activating group) is 1. The van der Waals surface area contributed by atoms with Gasteiger partial charge in [0.1, 0.15) is 0 Å². The zero-order chi connectivity index (χ0) is 13.0. The topological polar surface area (TPSA) is 58.4 Å². The van der Waals surface area contributed by atoms with E-state index in [0.29, 0.717) is 23.8 Å². The highest BCUT2D eigenvalue weighted by Gasteiger charge is 2.19. The molecule has 0 aliphatic carbocycles. The maximum absolute atomic E-state index is 12.0. The molecule has 1 unspecified atom stereocenters. The van der Waals surface area contributed by atoms with Gasteiger partial charge in [-0.05, 0) is 38.6 Å². The molecule has 1 aliphatic rings. The van der Waals surface area contributed by atoms with Gasteiger partial charge >= 0.3 is 0 Å². The van der Waals surface area contributed by atoms with Crippen LogP contribution in [0.3, 0.4) is 0 Å². The molecule has 98 valence electrons. The Morgan fingerprint density at radius 2 is 2.22 bits per heavy atom. The number of nitrogen functional groups attached to an aromatic ring is 1. The lowest BCUT2D eigenvalue weighted by atomic mass is 10.0. The van der Waals surface area contributed by atoms with E-state index in [2.05, 4.69) is 17.3 Å². The third-order valence-electron chi connectivity index (χ3n) is 3.63. The number of piperidine rings is 1. The molecule has 1 aliphatic heterocycles. The molecule has 0 radical (unpaired) electrons. The molecule has 1 aromatic carbocycles. The maximum atomic E-state index is 12.0. The first-order valence-electron chi connectivity index (χ1n) is 6.51. The Hall–Kier alpha value is -1.55. The van der Waals surface area contributed by atoms with Gasteiger partial charge in [-0.15, -0.1) is 0 Å². The van der Waals surface area contributed by atoms with Crippen molar-refractivity contribution in [3.63, 3.8) is 0 Å². The van der Waals surface area contributed by atoms with Crippen LogP contribution in [0, 0.1) is 0 Å². The molecule has 1 saturated heterocycles. The summed E-state index contributed by atoms with van der Waals surface area (Å²) < 4.78 is 0. The van der Waals surface area contributed by atoms with Gasteiger partial charge in [0.2, 0.25) is 0 Å². The van der Waals surface area contributed by atoms with Crippen LogP contribution in [0.15, 0.2) is 24.3 Å². The first kappa shape index (κ1) is 12.9. The van der Waals surface area contributed by atoms with Crippen LogP contribution in [0.5, 0.6) is 0 Å². The number of nitrogens with one attached hydrogen (secondary N) is 1. The number of rotatable bonds is 3. The van der Waals surface area contributed by atoms with Crippen molar-refractivity contribution in [2.75, 3.05) is 25.9 Å². The Morgan fingerprint density at radius 3 is 2.94 bits per heavy atom. The third-order valence-corrected chi connectivity index (χ3v) is 3.63. The largest absolute Gasteiger partial charge is 0.398 e. The van der Waals surface area contributed by atoms with Crippen LogP contribution < -0.4 is 11.1 Å². The van der Waals surface area contributed by atoms with E-state index in [1.165, 1.54) is 12.8 Å². The van der Waals surface area contributed by atoms with Crippen molar-refractivity contribution >= 4 is 11.6 Å². The molecule has 0 saturated carbocycles. The fourth-order valence-electron chi connectivity index (χ4n) is 2.41. The summed E-state index contributed by atoms with van der Waals surface area (Å²) in [4.78, 5) is 14.3. The van der Waals surface area contributed by atoms with Gasteiger partial charge < -0.3 is 16.0 Å². The second-order valence-electron chi connectivity index (χ2n) is 4.93. The number of carbonyl (C=O) groups is 1. The van der Waals surface area contributed by atoms with E-state index in [4.69, 9.17) is 5.73 Å². The van der Waals surface area contributed by atoms with Gasteiger partial charge in [0.05, 0.1) is 5.56 Å². The van der Waals surface area contributed by atoms with Gasteiger partial charge in [0.25, 0.3) is 5.91 Å². The monoisotopic (exact) mass is 247 g/mol. The van der Waals surface area contributed by atoms with Crippen molar-refractivity contribution < 1.29 is 4.79 Å². The SMILES string of the molecule is CN1CCCCC1CNC(=O)c1ccccc1N. The highest BCUT2D eigenvalue weighted by atomic mass is 16.1. The van der Waals surface area contributed by atoms with Crippen LogP contribution >= 0.6 is 0 Å². The molecule has 4 heteroatoms. The zero-order valence-electron chi connectivity index (χ0n) is 10.9. The first-order valence-corrected chi connectivity index (χ1v) is 6.51. The molecule has 1 aromatic rings. The smallest absolute Gasteiger partial charge is 0.253 e. The number of benzene rings is 1. The normalized spacial score (nSPS) is 20.6. The molecule has 1 amide bonds. The van der Waals surface area contributed by atoms with Gasteiger partial charge in [0.15, 0.2) is 0 Å². The van der Waals surface area contributed by atoms with Gasteiger partial charge in [-0.2, -0.15) is 0 Å². The molecule has 2 rings (SSSR count). The predicted molar refractivity (Wildman–Crippen MR) is 73.5 cm³/mol. The summed E-state index contributed by atoms with van der Waals surface area (Å²) in [7, 11) is 2.12. The number of para-hydroxylation sites is 1. The van der Waals surface area contributed by atoms with Crippen molar-refractivity contribution in [3.05, 3.63) is 29.8 Å². The van der Waals surface area contributed by atoms with Crippen LogP contribution in [0.4, 0.5) is 5.69 Å². The van der Waals surface area contributed by atoms with Crippen molar-refractivity contribution in [1.82, 2.24) is 10.2 Å². The minimum absolute atomic E-state index is 0.0768. The molecule has 4 nitrogen and oxygen atoms in total. The summed E-state index contributed by atoms with van der Waals surface area (Å²) in [6.45, 7) is 1.82. The molecule has 1 atom stereocenters. The van der Waals surface area contributed by atoms with Crippen molar-refractivity contribution in [3.8, 4) is 0 Å². The summed E-state index contributed by atoms with van der Waals surface area (Å²) in [6.07, 6.45) is 3.66. The Kier molecular flexibility index (Phi) is 4.20. The molecule has 0 spiro atoms. The fraction of sp³-hybridized carbons (Fsp3) is 0.500. The lowest BCUT2D eigenvalue weighted by Gasteiger charge is -2.32. The number of hydrogen-bond donors (Lipinski definition) is 2. The average Bonchev–Trinajstić information content (AvgIpc) is 2.38. The molecule has 1 heterocycles. The zero-order valence-corrected chi connectivity index (χ0v) is 10.9. The quantitative estimate of drug-likeness (QED) is 0.795. The Balaban J connectivity index is 1.90. The second kappa shape index (κ2) is 5.87. The van der Waals surface area contributed by atoms with Gasteiger partial charge in [-0.25, -0.2) is 0 Å². The number of anilines is 1. The molecule has 3 N–H and O–H groups in total. The molecule has 0 bridgehead atoms. The van der Waals surface area contributed by atoms with E-state index < -0.39 is 0 Å². The number of nitrogens with zero attached hydrogens (tertiary/aromatic N) is 1. The highest BCUT2D eigenvalue weighted by Crippen LogP contribution is 2.15. The third kappa shape index (κ3) is 3.01. The van der Waals surface area contributed by atoms with Crippen molar-refractivity contribution in [2.24, 2.45) is 0 Å². The van der Waals surface area contributed by atoms with Crippen LogP contribution in [-0.4, -0.2) is 37.0 Å². The Labute approximate surface area is 108 Å². The molecule has 18 heavy (non-hydrogen) atoms.